The number of esters is 1. The molecule has 4 aliphatic carbocycles. The summed E-state index contributed by atoms with van der Waals surface area (Å²) in [6.45, 7) is 3.23. The van der Waals surface area contributed by atoms with Crippen LogP contribution in [0, 0.1) is 17.8 Å². The molecule has 1 aromatic heterocycles. The van der Waals surface area contributed by atoms with Gasteiger partial charge in [0.25, 0.3) is 0 Å². The van der Waals surface area contributed by atoms with E-state index in [0.717, 1.165) is 48.1 Å². The number of hydrogen-bond acceptors (Lipinski definition) is 3. The van der Waals surface area contributed by atoms with Gasteiger partial charge in [0.05, 0.1) is 6.61 Å². The normalized spacial score (nSPS) is 27.8. The second-order valence-corrected chi connectivity index (χ2v) is 10.1. The van der Waals surface area contributed by atoms with Crippen LogP contribution in [0.1, 0.15) is 67.1 Å². The van der Waals surface area contributed by atoms with Crippen molar-refractivity contribution in [1.29, 1.82) is 0 Å². The first-order valence-corrected chi connectivity index (χ1v) is 12.0. The van der Waals surface area contributed by atoms with Gasteiger partial charge in [0.1, 0.15) is 5.69 Å². The van der Waals surface area contributed by atoms with Gasteiger partial charge in [0.2, 0.25) is 0 Å². The molecule has 2 aromatic rings. The lowest BCUT2D eigenvalue weighted by Crippen LogP contribution is -2.61. The van der Waals surface area contributed by atoms with Gasteiger partial charge in [0.15, 0.2) is 0 Å². The van der Waals surface area contributed by atoms with Gasteiger partial charge >= 0.3 is 12.0 Å². The van der Waals surface area contributed by atoms with Gasteiger partial charge in [-0.25, -0.2) is 9.59 Å². The number of hydrogen-bond donors (Lipinski definition) is 2. The van der Waals surface area contributed by atoms with Crippen LogP contribution in [-0.2, 0) is 17.8 Å². The number of amides is 2. The number of urea groups is 1. The van der Waals surface area contributed by atoms with Gasteiger partial charge in [-0.15, -0.1) is 0 Å². The molecule has 2 amide bonds. The zero-order valence-electron chi connectivity index (χ0n) is 18.8. The van der Waals surface area contributed by atoms with Crippen LogP contribution in [0.25, 0.3) is 0 Å². The fraction of sp³-hybridized carbons (Fsp3) is 0.538. The van der Waals surface area contributed by atoms with Crippen molar-refractivity contribution in [1.82, 2.24) is 15.2 Å². The highest BCUT2D eigenvalue weighted by atomic mass is 16.5. The van der Waals surface area contributed by atoms with Gasteiger partial charge < -0.3 is 19.9 Å². The Morgan fingerprint density at radius 2 is 1.72 bits per heavy atom. The standard InChI is InChI=1S/C26H33N3O3/c1-2-32-24(30)23-7-4-8-29(23)17-19-6-3-5-18(9-19)16-27-25(31)28-26-13-20-10-21(14-26)12-22(11-20)15-26/h3-9,20-22H,2,10-17H2,1H3,(H2,27,28,31). The molecule has 0 radical (unpaired) electrons. The molecular formula is C26H33N3O3. The Kier molecular flexibility index (Phi) is 5.70. The molecular weight excluding hydrogens is 402 g/mol. The number of aromatic nitrogens is 1. The number of carbonyl (C=O) groups excluding carboxylic acids is 2. The molecule has 6 rings (SSSR count). The van der Waals surface area contributed by atoms with Crippen LogP contribution in [0.15, 0.2) is 42.6 Å². The van der Waals surface area contributed by atoms with Gasteiger partial charge in [-0.1, -0.05) is 24.3 Å². The van der Waals surface area contributed by atoms with E-state index in [4.69, 9.17) is 4.74 Å². The second kappa shape index (κ2) is 8.64. The number of benzene rings is 1. The van der Waals surface area contributed by atoms with Crippen molar-refractivity contribution in [3.63, 3.8) is 0 Å². The lowest BCUT2D eigenvalue weighted by atomic mass is 9.53. The average Bonchev–Trinajstić information content (AvgIpc) is 3.20. The largest absolute Gasteiger partial charge is 0.461 e. The molecule has 32 heavy (non-hydrogen) atoms. The van der Waals surface area contributed by atoms with E-state index in [1.54, 1.807) is 13.0 Å². The summed E-state index contributed by atoms with van der Waals surface area (Å²) in [6, 6.07) is 11.7. The van der Waals surface area contributed by atoms with E-state index in [2.05, 4.69) is 16.7 Å². The third-order valence-corrected chi connectivity index (χ3v) is 7.53. The van der Waals surface area contributed by atoms with Crippen LogP contribution in [-0.4, -0.2) is 28.7 Å². The summed E-state index contributed by atoms with van der Waals surface area (Å²) >= 11 is 0. The molecule has 0 unspecified atom stereocenters. The van der Waals surface area contributed by atoms with Crippen molar-refractivity contribution in [3.05, 3.63) is 59.4 Å². The zero-order chi connectivity index (χ0) is 22.1. The van der Waals surface area contributed by atoms with Crippen molar-refractivity contribution in [3.8, 4) is 0 Å². The molecule has 6 heteroatoms. The molecule has 1 heterocycles. The minimum Gasteiger partial charge on any atom is -0.461 e. The summed E-state index contributed by atoms with van der Waals surface area (Å²) in [5, 5.41) is 6.45. The van der Waals surface area contributed by atoms with Gasteiger partial charge in [0, 0.05) is 24.8 Å². The topological polar surface area (TPSA) is 72.4 Å². The number of rotatable bonds is 7. The van der Waals surface area contributed by atoms with E-state index in [1.165, 1.54) is 19.3 Å². The van der Waals surface area contributed by atoms with Crippen LogP contribution < -0.4 is 10.6 Å². The van der Waals surface area contributed by atoms with Crippen molar-refractivity contribution in [2.45, 2.75) is 64.1 Å². The minimum absolute atomic E-state index is 0.0264. The predicted molar refractivity (Wildman–Crippen MR) is 122 cm³/mol. The third kappa shape index (κ3) is 4.41. The summed E-state index contributed by atoms with van der Waals surface area (Å²) in [5.74, 6) is 2.13. The maximum absolute atomic E-state index is 12.7. The van der Waals surface area contributed by atoms with Crippen LogP contribution in [0.4, 0.5) is 4.79 Å². The molecule has 2 N–H and O–H groups in total. The minimum atomic E-state index is -0.309. The Morgan fingerprint density at radius 1 is 1.03 bits per heavy atom. The van der Waals surface area contributed by atoms with E-state index >= 15 is 0 Å². The average molecular weight is 436 g/mol. The fourth-order valence-corrected chi connectivity index (χ4v) is 6.71. The van der Waals surface area contributed by atoms with Crippen molar-refractivity contribution < 1.29 is 14.3 Å². The van der Waals surface area contributed by atoms with Crippen LogP contribution in [0.3, 0.4) is 0 Å². The van der Waals surface area contributed by atoms with Crippen molar-refractivity contribution in [2.75, 3.05) is 6.61 Å². The number of ether oxygens (including phenoxy) is 1. The molecule has 0 aliphatic heterocycles. The molecule has 4 fully saturated rings. The summed E-state index contributed by atoms with van der Waals surface area (Å²) in [7, 11) is 0. The highest BCUT2D eigenvalue weighted by Crippen LogP contribution is 2.55. The molecule has 0 atom stereocenters. The van der Waals surface area contributed by atoms with E-state index in [9.17, 15) is 9.59 Å². The maximum atomic E-state index is 12.7. The Labute approximate surface area is 189 Å². The van der Waals surface area contributed by atoms with Crippen LogP contribution in [0.5, 0.6) is 0 Å². The highest BCUT2D eigenvalue weighted by Gasteiger charge is 2.51. The molecule has 4 bridgehead atoms. The Bertz CT molecular complexity index is 960. The quantitative estimate of drug-likeness (QED) is 0.630. The number of nitrogens with one attached hydrogen (secondary N) is 2. The van der Waals surface area contributed by atoms with Crippen molar-refractivity contribution >= 4 is 12.0 Å². The molecule has 170 valence electrons. The number of nitrogens with zero attached hydrogens (tertiary/aromatic N) is 1. The van der Waals surface area contributed by atoms with E-state index in [0.29, 0.717) is 25.4 Å². The van der Waals surface area contributed by atoms with E-state index in [-0.39, 0.29) is 17.5 Å². The van der Waals surface area contributed by atoms with Crippen LogP contribution in [0.2, 0.25) is 0 Å². The molecule has 4 aliphatic rings. The summed E-state index contributed by atoms with van der Waals surface area (Å²) in [5.41, 5.74) is 2.70. The highest BCUT2D eigenvalue weighted by molar-refractivity contribution is 5.87. The molecule has 0 spiro atoms. The van der Waals surface area contributed by atoms with Gasteiger partial charge in [-0.2, -0.15) is 0 Å². The fourth-order valence-electron chi connectivity index (χ4n) is 6.71. The molecule has 0 saturated heterocycles. The first-order valence-electron chi connectivity index (χ1n) is 12.0. The molecule has 4 saturated carbocycles. The van der Waals surface area contributed by atoms with E-state index in [1.807, 2.05) is 35.0 Å². The first kappa shape index (κ1) is 21.1. The maximum Gasteiger partial charge on any atom is 0.354 e. The Hall–Kier alpha value is -2.76. The first-order chi connectivity index (χ1) is 15.5. The molecule has 1 aromatic carbocycles. The lowest BCUT2D eigenvalue weighted by molar-refractivity contribution is -0.0135. The monoisotopic (exact) mass is 435 g/mol. The van der Waals surface area contributed by atoms with Crippen LogP contribution >= 0.6 is 0 Å². The predicted octanol–water partition coefficient (Wildman–Crippen LogP) is 4.48. The Morgan fingerprint density at radius 3 is 2.41 bits per heavy atom. The molecule has 6 nitrogen and oxygen atoms in total. The zero-order valence-corrected chi connectivity index (χ0v) is 18.8. The Balaban J connectivity index is 1.18. The summed E-state index contributed by atoms with van der Waals surface area (Å²) in [6.07, 6.45) is 9.46. The van der Waals surface area contributed by atoms with Crippen molar-refractivity contribution in [2.24, 2.45) is 17.8 Å². The van der Waals surface area contributed by atoms with Gasteiger partial charge in [-0.3, -0.25) is 0 Å². The van der Waals surface area contributed by atoms with Gasteiger partial charge in [-0.05, 0) is 86.5 Å². The summed E-state index contributed by atoms with van der Waals surface area (Å²) < 4.78 is 7.03. The smallest absolute Gasteiger partial charge is 0.354 e. The summed E-state index contributed by atoms with van der Waals surface area (Å²) in [4.78, 5) is 24.9. The number of carbonyl (C=O) groups is 2. The van der Waals surface area contributed by atoms with E-state index < -0.39 is 0 Å². The third-order valence-electron chi connectivity index (χ3n) is 7.53. The lowest BCUT2D eigenvalue weighted by Gasteiger charge is -2.56. The SMILES string of the molecule is CCOC(=O)c1cccn1Cc1cccc(CNC(=O)NC23CC4CC(CC(C4)C2)C3)c1. The second-order valence-electron chi connectivity index (χ2n) is 10.1.